The summed E-state index contributed by atoms with van der Waals surface area (Å²) >= 11 is 5.92. The fourth-order valence-electron chi connectivity index (χ4n) is 1.54. The Morgan fingerprint density at radius 1 is 1.47 bits per heavy atom. The normalized spacial score (nSPS) is 11.5. The van der Waals surface area contributed by atoms with Crippen LogP contribution in [0.2, 0.25) is 5.02 Å². The smallest absolute Gasteiger partial charge is 0.244 e. The summed E-state index contributed by atoms with van der Waals surface area (Å²) in [5, 5.41) is 11.9. The third-order valence-corrected chi connectivity index (χ3v) is 4.99. The fraction of sp³-hybridized carbons (Fsp3) is 0.417. The van der Waals surface area contributed by atoms with Gasteiger partial charge in [0.15, 0.2) is 0 Å². The van der Waals surface area contributed by atoms with Crippen molar-refractivity contribution in [3.63, 3.8) is 0 Å². The van der Waals surface area contributed by atoms with E-state index < -0.39 is 10.0 Å². The van der Waals surface area contributed by atoms with Gasteiger partial charge in [-0.1, -0.05) is 11.6 Å². The van der Waals surface area contributed by atoms with E-state index in [2.05, 4.69) is 5.32 Å². The zero-order valence-electron chi connectivity index (χ0n) is 10.9. The van der Waals surface area contributed by atoms with E-state index in [1.54, 1.807) is 0 Å². The first-order chi connectivity index (χ1) is 8.93. The van der Waals surface area contributed by atoms with Crippen LogP contribution in [0.25, 0.3) is 0 Å². The lowest BCUT2D eigenvalue weighted by Gasteiger charge is -2.18. The van der Waals surface area contributed by atoms with E-state index >= 15 is 0 Å². The molecule has 1 aromatic rings. The van der Waals surface area contributed by atoms with Crippen molar-refractivity contribution < 1.29 is 8.42 Å². The molecule has 0 aromatic heterocycles. The van der Waals surface area contributed by atoms with Crippen LogP contribution in [-0.2, 0) is 10.0 Å². The molecule has 0 aliphatic heterocycles. The fourth-order valence-corrected chi connectivity index (χ4v) is 3.24. The van der Waals surface area contributed by atoms with Crippen molar-refractivity contribution in [1.29, 1.82) is 5.26 Å². The molecule has 19 heavy (non-hydrogen) atoms. The Kier molecular flexibility index (Phi) is 5.76. The Labute approximate surface area is 118 Å². The molecule has 0 bridgehead atoms. The van der Waals surface area contributed by atoms with Crippen LogP contribution >= 0.6 is 11.6 Å². The minimum atomic E-state index is -3.66. The predicted octanol–water partition coefficient (Wildman–Crippen LogP) is 1.44. The lowest BCUT2D eigenvalue weighted by molar-refractivity contribution is 0.458. The highest BCUT2D eigenvalue weighted by Gasteiger charge is 2.23. The van der Waals surface area contributed by atoms with Crippen molar-refractivity contribution in [2.75, 3.05) is 27.2 Å². The Bertz CT molecular complexity index is 581. The second kappa shape index (κ2) is 6.87. The Hall–Kier alpha value is -1.13. The van der Waals surface area contributed by atoms with Gasteiger partial charge >= 0.3 is 0 Å². The Morgan fingerprint density at radius 3 is 2.74 bits per heavy atom. The Balaban J connectivity index is 3.03. The molecule has 0 saturated carbocycles. The standard InChI is InChI=1S/C12H16ClN3O2S/c1-15-6-3-7-16(2)19(17,18)12-8-10(9-14)4-5-11(12)13/h4-5,8,15H,3,6-7H2,1-2H3. The van der Waals surface area contributed by atoms with Crippen LogP contribution in [0, 0.1) is 11.3 Å². The number of nitriles is 1. The summed E-state index contributed by atoms with van der Waals surface area (Å²) in [6, 6.07) is 6.12. The molecule has 0 fully saturated rings. The lowest BCUT2D eigenvalue weighted by Crippen LogP contribution is -2.29. The zero-order valence-corrected chi connectivity index (χ0v) is 12.4. The molecule has 5 nitrogen and oxygen atoms in total. The summed E-state index contributed by atoms with van der Waals surface area (Å²) < 4.78 is 25.9. The van der Waals surface area contributed by atoms with E-state index in [1.165, 1.54) is 29.6 Å². The first-order valence-corrected chi connectivity index (χ1v) is 7.56. The second-order valence-corrected chi connectivity index (χ2v) is 6.46. The maximum Gasteiger partial charge on any atom is 0.244 e. The van der Waals surface area contributed by atoms with Gasteiger partial charge < -0.3 is 5.32 Å². The molecule has 0 spiro atoms. The van der Waals surface area contributed by atoms with Crippen molar-refractivity contribution in [1.82, 2.24) is 9.62 Å². The van der Waals surface area contributed by atoms with Crippen LogP contribution in [0.4, 0.5) is 0 Å². The molecular weight excluding hydrogens is 286 g/mol. The average Bonchev–Trinajstić information content (AvgIpc) is 2.39. The molecule has 0 radical (unpaired) electrons. The molecule has 0 heterocycles. The SMILES string of the molecule is CNCCCN(C)S(=O)(=O)c1cc(C#N)ccc1Cl. The summed E-state index contributed by atoms with van der Waals surface area (Å²) in [7, 11) is -0.353. The maximum absolute atomic E-state index is 12.3. The molecule has 0 amide bonds. The van der Waals surface area contributed by atoms with E-state index in [-0.39, 0.29) is 15.5 Å². The van der Waals surface area contributed by atoms with Gasteiger partial charge in [-0.3, -0.25) is 0 Å². The number of rotatable bonds is 6. The van der Waals surface area contributed by atoms with Crippen molar-refractivity contribution in [2.24, 2.45) is 0 Å². The number of sulfonamides is 1. The molecule has 0 aliphatic rings. The number of nitrogens with zero attached hydrogens (tertiary/aromatic N) is 2. The van der Waals surface area contributed by atoms with Gasteiger partial charge in [0.2, 0.25) is 10.0 Å². The number of hydrogen-bond acceptors (Lipinski definition) is 4. The maximum atomic E-state index is 12.3. The highest BCUT2D eigenvalue weighted by Crippen LogP contribution is 2.25. The molecule has 7 heteroatoms. The predicted molar refractivity (Wildman–Crippen MR) is 74.5 cm³/mol. The second-order valence-electron chi connectivity index (χ2n) is 4.04. The summed E-state index contributed by atoms with van der Waals surface area (Å²) in [6.45, 7) is 1.11. The molecule has 1 N–H and O–H groups in total. The molecule has 1 rings (SSSR count). The first kappa shape index (κ1) is 15.9. The van der Waals surface area contributed by atoms with Crippen molar-refractivity contribution in [3.8, 4) is 6.07 Å². The van der Waals surface area contributed by atoms with E-state index in [0.29, 0.717) is 13.0 Å². The molecule has 104 valence electrons. The number of nitrogens with one attached hydrogen (secondary N) is 1. The van der Waals surface area contributed by atoms with Gasteiger partial charge in [0.05, 0.1) is 16.7 Å². The first-order valence-electron chi connectivity index (χ1n) is 5.74. The molecule has 0 unspecified atom stereocenters. The van der Waals surface area contributed by atoms with Crippen LogP contribution in [0.3, 0.4) is 0 Å². The van der Waals surface area contributed by atoms with Crippen LogP contribution in [-0.4, -0.2) is 39.9 Å². The van der Waals surface area contributed by atoms with Crippen LogP contribution in [0.5, 0.6) is 0 Å². The van der Waals surface area contributed by atoms with Gasteiger partial charge in [-0.2, -0.15) is 5.26 Å². The minimum Gasteiger partial charge on any atom is -0.320 e. The highest BCUT2D eigenvalue weighted by atomic mass is 35.5. The number of hydrogen-bond donors (Lipinski definition) is 1. The van der Waals surface area contributed by atoms with E-state index in [9.17, 15) is 8.42 Å². The monoisotopic (exact) mass is 301 g/mol. The Morgan fingerprint density at radius 2 is 2.16 bits per heavy atom. The zero-order chi connectivity index (χ0) is 14.5. The van der Waals surface area contributed by atoms with Crippen LogP contribution in [0.15, 0.2) is 23.1 Å². The van der Waals surface area contributed by atoms with Crippen molar-refractivity contribution >= 4 is 21.6 Å². The van der Waals surface area contributed by atoms with E-state index in [4.69, 9.17) is 16.9 Å². The van der Waals surface area contributed by atoms with Crippen molar-refractivity contribution in [3.05, 3.63) is 28.8 Å². The van der Waals surface area contributed by atoms with Gasteiger partial charge in [-0.15, -0.1) is 0 Å². The third kappa shape index (κ3) is 3.91. The molecule has 0 aliphatic carbocycles. The van der Waals surface area contributed by atoms with Gasteiger partial charge in [-0.25, -0.2) is 12.7 Å². The largest absolute Gasteiger partial charge is 0.320 e. The van der Waals surface area contributed by atoms with E-state index in [0.717, 1.165) is 6.54 Å². The molecule has 0 saturated heterocycles. The summed E-state index contributed by atoms with van der Waals surface area (Å²) in [5.74, 6) is 0. The minimum absolute atomic E-state index is 0.0276. The third-order valence-electron chi connectivity index (χ3n) is 2.65. The van der Waals surface area contributed by atoms with E-state index in [1.807, 2.05) is 13.1 Å². The summed E-state index contributed by atoms with van der Waals surface area (Å²) in [5.41, 5.74) is 0.270. The van der Waals surface area contributed by atoms with Crippen LogP contribution in [0.1, 0.15) is 12.0 Å². The highest BCUT2D eigenvalue weighted by molar-refractivity contribution is 7.89. The number of benzene rings is 1. The van der Waals surface area contributed by atoms with Gasteiger partial charge in [-0.05, 0) is 38.2 Å². The quantitative estimate of drug-likeness (QED) is 0.807. The van der Waals surface area contributed by atoms with Gasteiger partial charge in [0, 0.05) is 13.6 Å². The summed E-state index contributed by atoms with van der Waals surface area (Å²) in [6.07, 6.45) is 0.696. The topological polar surface area (TPSA) is 73.2 Å². The van der Waals surface area contributed by atoms with Gasteiger partial charge in [0.25, 0.3) is 0 Å². The summed E-state index contributed by atoms with van der Waals surface area (Å²) in [4.78, 5) is -0.0276. The molecule has 0 atom stereocenters. The molecule has 1 aromatic carbocycles. The number of halogens is 1. The molecular formula is C12H16ClN3O2S. The van der Waals surface area contributed by atoms with Crippen molar-refractivity contribution in [2.45, 2.75) is 11.3 Å². The average molecular weight is 302 g/mol. The van der Waals surface area contributed by atoms with Crippen LogP contribution < -0.4 is 5.32 Å². The van der Waals surface area contributed by atoms with Gasteiger partial charge in [0.1, 0.15) is 4.90 Å². The lowest BCUT2D eigenvalue weighted by atomic mass is 10.2.